The van der Waals surface area contributed by atoms with Gasteiger partial charge in [0.2, 0.25) is 0 Å². The minimum atomic E-state index is -3.63. The van der Waals surface area contributed by atoms with Crippen molar-refractivity contribution in [3.63, 3.8) is 0 Å². The number of hydrogen-bond donors (Lipinski definition) is 1. The molecule has 0 saturated heterocycles. The van der Waals surface area contributed by atoms with Gasteiger partial charge in [0.25, 0.3) is 0 Å². The zero-order chi connectivity index (χ0) is 3.58. The third-order valence-corrected chi connectivity index (χ3v) is 0. The van der Waals surface area contributed by atoms with E-state index in [-0.39, 0.29) is 88.9 Å². The van der Waals surface area contributed by atoms with Gasteiger partial charge in [-0.25, -0.2) is 0 Å². The molecule has 0 aliphatic rings. The van der Waals surface area contributed by atoms with Gasteiger partial charge in [-0.2, -0.15) is 4.11 Å². The molecule has 0 aromatic carbocycles. The summed E-state index contributed by atoms with van der Waals surface area (Å²) in [6.45, 7) is 0. The van der Waals surface area contributed by atoms with Crippen LogP contribution in [0.15, 0.2) is 0 Å². The van der Waals surface area contributed by atoms with Gasteiger partial charge in [0, 0.05) is 0 Å². The fraction of sp³-hybridized carbons (Fsp3) is 0. The van der Waals surface area contributed by atoms with E-state index < -0.39 is 9.26 Å². The van der Waals surface area contributed by atoms with E-state index in [4.69, 9.17) is 9.26 Å². The second-order valence-corrected chi connectivity index (χ2v) is 0.759. The van der Waals surface area contributed by atoms with Crippen LogP contribution in [0.25, 0.3) is 0 Å². The molecule has 2 nitrogen and oxygen atoms in total. The molecular formula is H7AlCaFNaO2Si. The summed E-state index contributed by atoms with van der Waals surface area (Å²) in [5.41, 5.74) is 0. The predicted octanol–water partition coefficient (Wildman–Crippen LogP) is -4.86. The Bertz CT molecular complexity index is 49.5. The standard InChI is InChI=1S/Al.Ca.FHO2Si.Na.6H/c;;1-4(2)3;;;;;;;/h;;2H;;;;;;;/q;+2;;+1;;;;3*-1. The van der Waals surface area contributed by atoms with Gasteiger partial charge >= 0.3 is 76.6 Å². The van der Waals surface area contributed by atoms with Crippen LogP contribution in [0.2, 0.25) is 0 Å². The molecule has 0 aromatic rings. The van der Waals surface area contributed by atoms with Gasteiger partial charge in [-0.1, -0.05) is 0 Å². The van der Waals surface area contributed by atoms with E-state index in [1.807, 2.05) is 0 Å². The summed E-state index contributed by atoms with van der Waals surface area (Å²) in [5, 5.41) is 0. The van der Waals surface area contributed by atoms with Crippen LogP contribution in [0.3, 0.4) is 0 Å². The zero-order valence-electron chi connectivity index (χ0n) is 6.44. The third-order valence-electron chi connectivity index (χ3n) is 0. The van der Waals surface area contributed by atoms with E-state index in [2.05, 4.69) is 0 Å². The van der Waals surface area contributed by atoms with Crippen LogP contribution >= 0.6 is 0 Å². The molecule has 0 radical (unpaired) electrons. The summed E-state index contributed by atoms with van der Waals surface area (Å²) in [6.07, 6.45) is 0. The molecule has 0 aromatic heterocycles. The first-order valence-corrected chi connectivity index (χ1v) is 1.85. The van der Waals surface area contributed by atoms with Gasteiger partial charge in [0.05, 0.1) is 0 Å². The summed E-state index contributed by atoms with van der Waals surface area (Å²) >= 11 is 0. The van der Waals surface area contributed by atoms with E-state index >= 15 is 0 Å². The third kappa shape index (κ3) is 56.6. The van der Waals surface area contributed by atoms with Crippen LogP contribution in [0.1, 0.15) is 4.28 Å². The molecule has 0 bridgehead atoms. The van der Waals surface area contributed by atoms with Crippen molar-refractivity contribution in [2.24, 2.45) is 0 Å². The average Bonchev–Trinajstić information content (AvgIpc) is 0.811. The van der Waals surface area contributed by atoms with Gasteiger partial charge in [0.1, 0.15) is 0 Å². The van der Waals surface area contributed by atoms with Crippen molar-refractivity contribution in [2.45, 2.75) is 0 Å². The Kier molecular flexibility index (Phi) is 51.2. The summed E-state index contributed by atoms with van der Waals surface area (Å²) in [4.78, 5) is 6.94. The molecule has 0 rings (SSSR count). The maximum Gasteiger partial charge on any atom is 2.00 e. The van der Waals surface area contributed by atoms with Crippen molar-refractivity contribution in [2.75, 3.05) is 0 Å². The maximum absolute atomic E-state index is 10.1. The Balaban J connectivity index is -0.00000000300. The van der Waals surface area contributed by atoms with Crippen LogP contribution < -0.4 is 29.6 Å². The fourth-order valence-electron chi connectivity index (χ4n) is 0. The smallest absolute Gasteiger partial charge is 1.00 e. The molecule has 0 amide bonds. The molecule has 0 spiro atoms. The molecule has 1 N–H and O–H groups in total. The Morgan fingerprint density at radius 2 is 1.71 bits per heavy atom. The summed E-state index contributed by atoms with van der Waals surface area (Å²) in [5.74, 6) is 0. The number of hydrogen-bond acceptors (Lipinski definition) is 1. The number of rotatable bonds is 0. The van der Waals surface area contributed by atoms with Gasteiger partial charge in [-0.3, -0.25) is 4.46 Å². The van der Waals surface area contributed by atoms with Crippen molar-refractivity contribution >= 4 is 64.4 Å². The Morgan fingerprint density at radius 3 is 1.71 bits per heavy atom. The van der Waals surface area contributed by atoms with E-state index in [0.29, 0.717) is 0 Å². The minimum Gasteiger partial charge on any atom is -1.00 e. The molecule has 0 unspecified atom stereocenters. The van der Waals surface area contributed by atoms with Gasteiger partial charge in [-0.05, 0) is 0 Å². The van der Waals surface area contributed by atoms with Crippen LogP contribution in [0.5, 0.6) is 0 Å². The molecule has 0 aliphatic carbocycles. The normalized spacial score (nSPS) is 3.57. The molecule has 36 valence electrons. The van der Waals surface area contributed by atoms with Crippen molar-refractivity contribution in [3.05, 3.63) is 0 Å². The average molecular weight is 176 g/mol. The molecule has 7 heavy (non-hydrogen) atoms. The van der Waals surface area contributed by atoms with E-state index in [1.54, 1.807) is 0 Å². The second kappa shape index (κ2) is 15.8. The topological polar surface area (TPSA) is 37.3 Å². The minimum absolute atomic E-state index is 0. The molecule has 7 heteroatoms. The molecular weight excluding hydrogens is 169 g/mol. The SMILES string of the molecule is O=[Si](O)F.[AlH3].[Ca+2].[H-].[H-].[H-].[Na+]. The zero-order valence-corrected chi connectivity index (χ0v) is 8.65. The van der Waals surface area contributed by atoms with Crippen molar-refractivity contribution in [3.8, 4) is 0 Å². The first-order chi connectivity index (χ1) is 1.73. The summed E-state index contributed by atoms with van der Waals surface area (Å²) in [6, 6.07) is 0. The van der Waals surface area contributed by atoms with E-state index in [0.717, 1.165) is 0 Å². The Labute approximate surface area is 110 Å². The van der Waals surface area contributed by atoms with Crippen LogP contribution in [-0.2, 0) is 4.46 Å². The van der Waals surface area contributed by atoms with Crippen molar-refractivity contribution in [1.82, 2.24) is 0 Å². The molecule has 0 atom stereocenters. The first-order valence-electron chi connectivity index (χ1n) is 0.617. The largest absolute Gasteiger partial charge is 2.00 e. The molecule has 0 saturated carbocycles. The van der Waals surface area contributed by atoms with Crippen molar-refractivity contribution in [1.29, 1.82) is 0 Å². The summed E-state index contributed by atoms with van der Waals surface area (Å²) in [7, 11) is -3.63. The van der Waals surface area contributed by atoms with Crippen LogP contribution in [0.4, 0.5) is 4.11 Å². The first kappa shape index (κ1) is 22.7. The Morgan fingerprint density at radius 1 is 1.71 bits per heavy atom. The van der Waals surface area contributed by atoms with Crippen LogP contribution in [-0.4, -0.2) is 69.2 Å². The molecule has 0 fully saturated rings. The van der Waals surface area contributed by atoms with Gasteiger partial charge < -0.3 is 9.08 Å². The predicted molar refractivity (Wildman–Crippen MR) is 28.8 cm³/mol. The Hall–Kier alpha value is 2.54. The fourth-order valence-corrected chi connectivity index (χ4v) is 0. The maximum atomic E-state index is 10.1. The number of halogens is 1. The molecule has 0 heterocycles. The second-order valence-electron chi connectivity index (χ2n) is 0.253. The van der Waals surface area contributed by atoms with E-state index in [9.17, 15) is 4.11 Å². The van der Waals surface area contributed by atoms with Crippen LogP contribution in [0, 0.1) is 0 Å². The van der Waals surface area contributed by atoms with Crippen molar-refractivity contribution < 1.29 is 47.2 Å². The van der Waals surface area contributed by atoms with E-state index in [1.165, 1.54) is 0 Å². The van der Waals surface area contributed by atoms with Gasteiger partial charge in [0.15, 0.2) is 17.4 Å². The molecule has 0 aliphatic heterocycles. The van der Waals surface area contributed by atoms with Gasteiger partial charge in [-0.15, -0.1) is 0 Å². The monoisotopic (exact) mass is 176 g/mol. The summed E-state index contributed by atoms with van der Waals surface area (Å²) < 4.78 is 18.6. The quantitative estimate of drug-likeness (QED) is 0.297.